The van der Waals surface area contributed by atoms with Crippen molar-refractivity contribution >= 4 is 27.7 Å². The Balaban J connectivity index is 1.87. The molecule has 0 aliphatic heterocycles. The number of hydrogen-bond acceptors (Lipinski definition) is 4. The van der Waals surface area contributed by atoms with Crippen molar-refractivity contribution in [2.24, 2.45) is 0 Å². The van der Waals surface area contributed by atoms with Gasteiger partial charge in [-0.3, -0.25) is 0 Å². The molecule has 0 fully saturated rings. The highest BCUT2D eigenvalue weighted by molar-refractivity contribution is 9.10. The molecule has 3 aromatic rings. The van der Waals surface area contributed by atoms with Crippen LogP contribution in [0.3, 0.4) is 0 Å². The van der Waals surface area contributed by atoms with Crippen LogP contribution in [-0.2, 0) is 5.75 Å². The molecule has 0 aliphatic rings. The van der Waals surface area contributed by atoms with E-state index in [-0.39, 0.29) is 5.82 Å². The first-order chi connectivity index (χ1) is 11.1. The molecular formula is C16H14BrFN4S. The van der Waals surface area contributed by atoms with Gasteiger partial charge in [-0.25, -0.2) is 4.39 Å². The standard InChI is InChI=1S/C16H14BrFN4S/c1-10-4-3-5-11(2)15(10)22-16(19-20-21-22)23-9-12-6-7-13(18)8-14(12)17/h3-8H,9H2,1-2H3. The normalized spacial score (nSPS) is 11.0. The van der Waals surface area contributed by atoms with Crippen LogP contribution in [0.5, 0.6) is 0 Å². The van der Waals surface area contributed by atoms with E-state index in [0.717, 1.165) is 26.9 Å². The maximum Gasteiger partial charge on any atom is 0.214 e. The van der Waals surface area contributed by atoms with Gasteiger partial charge in [0, 0.05) is 10.2 Å². The fourth-order valence-electron chi connectivity index (χ4n) is 2.33. The number of aromatic nitrogens is 4. The predicted molar refractivity (Wildman–Crippen MR) is 92.3 cm³/mol. The van der Waals surface area contributed by atoms with Crippen molar-refractivity contribution in [3.05, 3.63) is 63.4 Å². The summed E-state index contributed by atoms with van der Waals surface area (Å²) >= 11 is 4.90. The van der Waals surface area contributed by atoms with Crippen molar-refractivity contribution in [3.63, 3.8) is 0 Å². The molecule has 0 amide bonds. The minimum absolute atomic E-state index is 0.258. The van der Waals surface area contributed by atoms with Crippen molar-refractivity contribution < 1.29 is 4.39 Å². The summed E-state index contributed by atoms with van der Waals surface area (Å²) in [7, 11) is 0. The molecule has 3 rings (SSSR count). The third-order valence-electron chi connectivity index (χ3n) is 3.46. The van der Waals surface area contributed by atoms with Gasteiger partial charge in [-0.2, -0.15) is 4.68 Å². The van der Waals surface area contributed by atoms with Crippen molar-refractivity contribution in [1.29, 1.82) is 0 Å². The molecule has 2 aromatic carbocycles. The van der Waals surface area contributed by atoms with Crippen LogP contribution in [0.25, 0.3) is 5.69 Å². The van der Waals surface area contributed by atoms with Crippen molar-refractivity contribution in [2.75, 3.05) is 0 Å². The van der Waals surface area contributed by atoms with E-state index in [9.17, 15) is 4.39 Å². The Morgan fingerprint density at radius 3 is 2.61 bits per heavy atom. The minimum atomic E-state index is -0.258. The molecule has 0 spiro atoms. The number of benzene rings is 2. The lowest BCUT2D eigenvalue weighted by Gasteiger charge is -2.10. The second-order valence-corrected chi connectivity index (χ2v) is 6.93. The quantitative estimate of drug-likeness (QED) is 0.614. The fraction of sp³-hybridized carbons (Fsp3) is 0.188. The van der Waals surface area contributed by atoms with E-state index in [0.29, 0.717) is 10.9 Å². The maximum atomic E-state index is 13.2. The van der Waals surface area contributed by atoms with Crippen LogP contribution >= 0.6 is 27.7 Å². The van der Waals surface area contributed by atoms with Gasteiger partial charge in [-0.15, -0.1) is 5.10 Å². The van der Waals surface area contributed by atoms with Gasteiger partial charge in [0.15, 0.2) is 0 Å². The first-order valence-electron chi connectivity index (χ1n) is 6.98. The van der Waals surface area contributed by atoms with Crippen LogP contribution in [0.1, 0.15) is 16.7 Å². The van der Waals surface area contributed by atoms with Gasteiger partial charge in [0.2, 0.25) is 5.16 Å². The Morgan fingerprint density at radius 2 is 1.91 bits per heavy atom. The largest absolute Gasteiger partial charge is 0.214 e. The molecule has 0 unspecified atom stereocenters. The Hall–Kier alpha value is -1.73. The molecule has 0 saturated carbocycles. The first kappa shape index (κ1) is 16.1. The summed E-state index contributed by atoms with van der Waals surface area (Å²) < 4.78 is 15.7. The van der Waals surface area contributed by atoms with Gasteiger partial charge < -0.3 is 0 Å². The van der Waals surface area contributed by atoms with Crippen LogP contribution in [0, 0.1) is 19.7 Å². The molecule has 0 bridgehead atoms. The lowest BCUT2D eigenvalue weighted by molar-refractivity contribution is 0.626. The number of halogens is 2. The van der Waals surface area contributed by atoms with Crippen molar-refractivity contribution in [2.45, 2.75) is 24.8 Å². The molecule has 0 atom stereocenters. The summed E-state index contributed by atoms with van der Waals surface area (Å²) in [6.07, 6.45) is 0. The van der Waals surface area contributed by atoms with E-state index in [1.807, 2.05) is 32.0 Å². The number of nitrogens with zero attached hydrogens (tertiary/aromatic N) is 4. The van der Waals surface area contributed by atoms with Gasteiger partial charge in [-0.05, 0) is 53.1 Å². The zero-order chi connectivity index (χ0) is 16.4. The Labute approximate surface area is 146 Å². The van der Waals surface area contributed by atoms with E-state index in [1.165, 1.54) is 23.9 Å². The van der Waals surface area contributed by atoms with E-state index >= 15 is 0 Å². The minimum Gasteiger partial charge on any atom is -0.207 e. The SMILES string of the molecule is Cc1cccc(C)c1-n1nnnc1SCc1ccc(F)cc1Br. The fourth-order valence-corrected chi connectivity index (χ4v) is 3.89. The molecule has 0 aliphatic carbocycles. The Bertz CT molecular complexity index is 830. The summed E-state index contributed by atoms with van der Waals surface area (Å²) in [6.45, 7) is 4.07. The van der Waals surface area contributed by atoms with E-state index in [1.54, 1.807) is 10.7 Å². The first-order valence-corrected chi connectivity index (χ1v) is 8.76. The summed E-state index contributed by atoms with van der Waals surface area (Å²) in [5.74, 6) is 0.387. The molecule has 0 saturated heterocycles. The lowest BCUT2D eigenvalue weighted by atomic mass is 10.1. The maximum absolute atomic E-state index is 13.2. The molecular weight excluding hydrogens is 379 g/mol. The van der Waals surface area contributed by atoms with Gasteiger partial charge >= 0.3 is 0 Å². The molecule has 23 heavy (non-hydrogen) atoms. The number of aryl methyl sites for hydroxylation is 2. The smallest absolute Gasteiger partial charge is 0.207 e. The molecule has 118 valence electrons. The van der Waals surface area contributed by atoms with E-state index < -0.39 is 0 Å². The number of tetrazole rings is 1. The zero-order valence-electron chi connectivity index (χ0n) is 12.6. The molecule has 1 aromatic heterocycles. The third kappa shape index (κ3) is 3.45. The van der Waals surface area contributed by atoms with Crippen molar-refractivity contribution in [1.82, 2.24) is 20.2 Å². The molecule has 0 radical (unpaired) electrons. The average Bonchev–Trinajstić information content (AvgIpc) is 2.94. The number of hydrogen-bond donors (Lipinski definition) is 0. The van der Waals surface area contributed by atoms with Gasteiger partial charge in [0.25, 0.3) is 0 Å². The van der Waals surface area contributed by atoms with E-state index in [2.05, 4.69) is 31.5 Å². The Morgan fingerprint density at radius 1 is 1.17 bits per heavy atom. The third-order valence-corrected chi connectivity index (χ3v) is 5.17. The highest BCUT2D eigenvalue weighted by Gasteiger charge is 2.14. The van der Waals surface area contributed by atoms with Gasteiger partial charge in [-0.1, -0.05) is 52.0 Å². The monoisotopic (exact) mass is 392 g/mol. The van der Waals surface area contributed by atoms with Crippen LogP contribution in [0.15, 0.2) is 46.0 Å². The highest BCUT2D eigenvalue weighted by Crippen LogP contribution is 2.28. The molecule has 4 nitrogen and oxygen atoms in total. The number of thioether (sulfide) groups is 1. The predicted octanol–water partition coefficient (Wildman–Crippen LogP) is 4.47. The summed E-state index contributed by atoms with van der Waals surface area (Å²) in [6, 6.07) is 10.8. The van der Waals surface area contributed by atoms with Crippen LogP contribution in [0.2, 0.25) is 0 Å². The van der Waals surface area contributed by atoms with Gasteiger partial charge in [0.05, 0.1) is 5.69 Å². The summed E-state index contributed by atoms with van der Waals surface area (Å²) in [5.41, 5.74) is 4.22. The summed E-state index contributed by atoms with van der Waals surface area (Å²) in [4.78, 5) is 0. The topological polar surface area (TPSA) is 43.6 Å². The van der Waals surface area contributed by atoms with Crippen LogP contribution in [-0.4, -0.2) is 20.2 Å². The average molecular weight is 393 g/mol. The molecule has 0 N–H and O–H groups in total. The van der Waals surface area contributed by atoms with Gasteiger partial charge in [0.1, 0.15) is 5.82 Å². The van der Waals surface area contributed by atoms with Crippen molar-refractivity contribution in [3.8, 4) is 5.69 Å². The lowest BCUT2D eigenvalue weighted by Crippen LogP contribution is -2.04. The highest BCUT2D eigenvalue weighted by atomic mass is 79.9. The number of para-hydroxylation sites is 1. The van der Waals surface area contributed by atoms with Crippen LogP contribution < -0.4 is 0 Å². The zero-order valence-corrected chi connectivity index (χ0v) is 15.0. The molecule has 7 heteroatoms. The summed E-state index contributed by atoms with van der Waals surface area (Å²) in [5, 5.41) is 12.7. The number of rotatable bonds is 4. The second kappa shape index (κ2) is 6.80. The second-order valence-electron chi connectivity index (χ2n) is 5.14. The van der Waals surface area contributed by atoms with E-state index in [4.69, 9.17) is 0 Å². The Kier molecular flexibility index (Phi) is 4.77. The molecule has 1 heterocycles. The van der Waals surface area contributed by atoms with Crippen LogP contribution in [0.4, 0.5) is 4.39 Å².